The van der Waals surface area contributed by atoms with Crippen LogP contribution < -0.4 is 75.7 Å². The van der Waals surface area contributed by atoms with Crippen LogP contribution >= 0.6 is 0 Å². The maximum Gasteiger partial charge on any atom is 0.305 e. The molecular formula is C76H94N20O18. The first-order chi connectivity index (χ1) is 54.4. The molecule has 1 fully saturated rings. The summed E-state index contributed by atoms with van der Waals surface area (Å²) in [6, 6.07) is -0.112. The molecule has 1 saturated heterocycles. The molecule has 0 bridgehead atoms. The van der Waals surface area contributed by atoms with Gasteiger partial charge < -0.3 is 111 Å². The molecule has 606 valence electrons. The SMILES string of the molecule is CC[C@H](C)[C@H](NC(=O)[C@@H](NC(=O)[C@H](Cc1c[nH]c2ccccc12)NC(C)=O)[C@@H](C)O)C(=O)N[C@H]1CC=CC[C@@H](C(=O)N[C@@H](Cc2c[nH]c3ccccc23)C(=O)N2CCC[C@H]2C(N)=O)NC(=O)[C@H](CC(=O)O)NC(=O)[C@H](Cc2cnc[nH]2)NC(=O)[C@H](Cc2c[nH]c3ccccc23)NC(=O)[C@H](CC(N)=O)NC(=O)[C@H](CC(N)=O)NC1=O. The smallest absolute Gasteiger partial charge is 0.305 e. The molecule has 14 atom stereocenters. The summed E-state index contributed by atoms with van der Waals surface area (Å²) in [6.45, 7) is 5.56. The number of aromatic nitrogens is 5. The first-order valence-corrected chi connectivity index (χ1v) is 37.0. The van der Waals surface area contributed by atoms with E-state index < -0.39 is 224 Å². The molecule has 6 heterocycles. The fourth-order valence-electron chi connectivity index (χ4n) is 13.7. The molecule has 23 N–H and O–H groups in total. The standard InChI is InChI=1S/C76H94N20O18/c1-5-37(2)63(94-75(113)64(38(3)97)95-73(111)52(85-39(4)98)25-40-32-81-47-18-9-6-15-44(40)47)74(112)87-51-22-13-12-21-50(67(105)93-58(76(114)96-24-14-23-59(96)65(79)103)27-42-34-83-49-20-11-8-17-46(42)49)86-72(110)57(31-62(101)102)92-69(107)54(28-43-35-80-36-84-43)89-68(106)53(26-41-33-82-48-19-10-7-16-45(41)48)88-70(108)56(30-61(78)100)91-71(109)55(29-60(77)99)90-66(51)104/h6-13,15-20,32-38,50-59,63-64,81-83,97H,5,14,21-31H2,1-4H3,(H2,77,99)(H2,78,100)(H2,79,103)(H,80,84)(H,85,98)(H,86,110)(H,87,112)(H,88,108)(H,89,106)(H,90,104)(H,91,109)(H,92,107)(H,93,105)(H,94,113)(H,95,111)(H,101,102)/t37-,38+,50-,51-,52-,53-,54-,55-,56-,57-,58-,59-,63-,64-/m0/s1. The number of hydrogen-bond acceptors (Lipinski definition) is 18. The molecule has 0 aliphatic carbocycles. The predicted octanol–water partition coefficient (Wildman–Crippen LogP) is -3.04. The minimum absolute atomic E-state index is 0.0443. The number of amides is 15. The lowest BCUT2D eigenvalue weighted by molar-refractivity contribution is -0.142. The molecule has 114 heavy (non-hydrogen) atoms. The van der Waals surface area contributed by atoms with Crippen LogP contribution in [0.3, 0.4) is 0 Å². The summed E-state index contributed by atoms with van der Waals surface area (Å²) in [5.41, 5.74) is 20.8. The molecule has 0 saturated carbocycles. The van der Waals surface area contributed by atoms with Crippen LogP contribution in [0.4, 0.5) is 0 Å². The van der Waals surface area contributed by atoms with E-state index in [4.69, 9.17) is 17.2 Å². The quantitative estimate of drug-likeness (QED) is 0.0217. The van der Waals surface area contributed by atoms with Crippen LogP contribution in [0.25, 0.3) is 32.7 Å². The number of nitrogens with one attached hydrogen (secondary N) is 15. The number of carbonyl (C=O) groups is 16. The number of imidazole rings is 1. The number of aromatic amines is 4. The number of carboxylic acid groups (broad SMARTS) is 1. The van der Waals surface area contributed by atoms with Crippen LogP contribution in [0.15, 0.2) is 116 Å². The zero-order valence-electron chi connectivity index (χ0n) is 62.8. The van der Waals surface area contributed by atoms with Crippen molar-refractivity contribution < 1.29 is 86.9 Å². The van der Waals surface area contributed by atoms with Crippen molar-refractivity contribution in [2.45, 2.75) is 183 Å². The third-order valence-corrected chi connectivity index (χ3v) is 19.8. The Labute approximate surface area is 651 Å². The van der Waals surface area contributed by atoms with Crippen LogP contribution in [-0.4, -0.2) is 220 Å². The number of primary amides is 3. The van der Waals surface area contributed by atoms with Gasteiger partial charge in [0.05, 0.1) is 31.7 Å². The zero-order chi connectivity index (χ0) is 82.6. The second-order valence-corrected chi connectivity index (χ2v) is 28.3. The monoisotopic (exact) mass is 1570 g/mol. The number of aliphatic hydroxyl groups is 1. The van der Waals surface area contributed by atoms with Gasteiger partial charge in [0, 0.05) is 102 Å². The Morgan fingerprint density at radius 1 is 0.553 bits per heavy atom. The molecule has 0 radical (unpaired) electrons. The molecule has 38 heteroatoms. The number of hydrogen-bond donors (Lipinski definition) is 20. The van der Waals surface area contributed by atoms with Crippen LogP contribution in [0.2, 0.25) is 0 Å². The number of para-hydroxylation sites is 3. The number of benzene rings is 3. The van der Waals surface area contributed by atoms with Gasteiger partial charge in [-0.2, -0.15) is 0 Å². The van der Waals surface area contributed by atoms with Gasteiger partial charge in [0.25, 0.3) is 0 Å². The number of H-pyrrole nitrogens is 4. The summed E-state index contributed by atoms with van der Waals surface area (Å²) >= 11 is 0. The Bertz CT molecular complexity index is 4780. The first-order valence-electron chi connectivity index (χ1n) is 37.0. The minimum atomic E-state index is -2.11. The summed E-state index contributed by atoms with van der Waals surface area (Å²) in [6.07, 6.45) is 2.93. The summed E-state index contributed by atoms with van der Waals surface area (Å²) < 4.78 is 0. The third kappa shape index (κ3) is 22.5. The highest BCUT2D eigenvalue weighted by Crippen LogP contribution is 2.26. The minimum Gasteiger partial charge on any atom is -0.481 e. The number of carboxylic acids is 1. The molecule has 15 amide bonds. The number of likely N-dealkylation sites (tertiary alicyclic amines) is 1. The molecule has 0 unspecified atom stereocenters. The van der Waals surface area contributed by atoms with Crippen molar-refractivity contribution in [2.24, 2.45) is 23.1 Å². The van der Waals surface area contributed by atoms with Gasteiger partial charge in [0.2, 0.25) is 88.6 Å². The lowest BCUT2D eigenvalue weighted by Gasteiger charge is -2.30. The van der Waals surface area contributed by atoms with Gasteiger partial charge in [0.15, 0.2) is 0 Å². The Balaban J connectivity index is 1.11. The number of nitrogens with zero attached hydrogens (tertiary/aromatic N) is 2. The van der Waals surface area contributed by atoms with Crippen molar-refractivity contribution in [3.63, 3.8) is 0 Å². The number of rotatable bonds is 28. The number of carbonyl (C=O) groups excluding carboxylic acids is 15. The Hall–Kier alpha value is -13.3. The lowest BCUT2D eigenvalue weighted by Crippen LogP contribution is -2.62. The summed E-state index contributed by atoms with van der Waals surface area (Å²) in [5.74, 6) is -19.1. The van der Waals surface area contributed by atoms with Crippen molar-refractivity contribution in [1.82, 2.24) is 88.3 Å². The van der Waals surface area contributed by atoms with Crippen LogP contribution in [-0.2, 0) is 102 Å². The van der Waals surface area contributed by atoms with Crippen molar-refractivity contribution in [3.05, 3.63) is 138 Å². The Morgan fingerprint density at radius 2 is 1.04 bits per heavy atom. The maximum atomic E-state index is 15.3. The predicted molar refractivity (Wildman–Crippen MR) is 409 cm³/mol. The Kier molecular flexibility index (Phi) is 29.0. The van der Waals surface area contributed by atoms with Gasteiger partial charge in [0.1, 0.15) is 72.5 Å². The van der Waals surface area contributed by atoms with Gasteiger partial charge >= 0.3 is 5.97 Å². The first kappa shape index (κ1) is 84.7. The highest BCUT2D eigenvalue weighted by Gasteiger charge is 2.42. The van der Waals surface area contributed by atoms with Crippen molar-refractivity contribution in [1.29, 1.82) is 0 Å². The maximum absolute atomic E-state index is 15.3. The second-order valence-electron chi connectivity index (χ2n) is 28.3. The van der Waals surface area contributed by atoms with Gasteiger partial charge in [-0.15, -0.1) is 0 Å². The van der Waals surface area contributed by atoms with Gasteiger partial charge in [-0.05, 0) is 73.4 Å². The number of fused-ring (bicyclic) bond motifs is 3. The molecular weight excluding hydrogens is 1480 g/mol. The van der Waals surface area contributed by atoms with E-state index >= 15 is 24.0 Å². The van der Waals surface area contributed by atoms with Gasteiger partial charge in [-0.25, -0.2) is 4.98 Å². The normalized spacial score (nSPS) is 21.2. The van der Waals surface area contributed by atoms with Gasteiger partial charge in [-0.1, -0.05) is 87.0 Å². The highest BCUT2D eigenvalue weighted by molar-refractivity contribution is 6.03. The van der Waals surface area contributed by atoms with Crippen LogP contribution in [0.1, 0.15) is 101 Å². The van der Waals surface area contributed by atoms with Crippen LogP contribution in [0.5, 0.6) is 0 Å². The van der Waals surface area contributed by atoms with E-state index in [1.54, 1.807) is 92.1 Å². The van der Waals surface area contributed by atoms with E-state index in [1.165, 1.54) is 56.5 Å². The molecule has 2 aliphatic rings. The zero-order valence-corrected chi connectivity index (χ0v) is 62.8. The topological polar surface area (TPSA) is 603 Å². The van der Waals surface area contributed by atoms with Crippen molar-refractivity contribution in [3.8, 4) is 0 Å². The van der Waals surface area contributed by atoms with Gasteiger partial charge in [-0.3, -0.25) is 76.7 Å². The molecule has 7 aromatic rings. The molecule has 9 rings (SSSR count). The third-order valence-electron chi connectivity index (χ3n) is 19.8. The number of nitrogens with two attached hydrogens (primary N) is 3. The van der Waals surface area contributed by atoms with E-state index in [-0.39, 0.29) is 37.9 Å². The van der Waals surface area contributed by atoms with E-state index in [1.807, 2.05) is 0 Å². The Morgan fingerprint density at radius 3 is 1.55 bits per heavy atom. The molecule has 4 aromatic heterocycles. The largest absolute Gasteiger partial charge is 0.481 e. The van der Waals surface area contributed by atoms with E-state index in [9.17, 15) is 63.0 Å². The average molecular weight is 1580 g/mol. The lowest BCUT2D eigenvalue weighted by atomic mass is 9.96. The number of aliphatic hydroxyl groups excluding tert-OH is 1. The molecule has 0 spiro atoms. The van der Waals surface area contributed by atoms with Crippen LogP contribution in [0, 0.1) is 5.92 Å². The fraction of sp³-hybridized carbons (Fsp3) is 0.408. The summed E-state index contributed by atoms with van der Waals surface area (Å²) in [5, 5.41) is 50.9. The van der Waals surface area contributed by atoms with Crippen molar-refractivity contribution in [2.75, 3.05) is 6.54 Å². The average Bonchev–Trinajstić information content (AvgIpc) is 1.64. The van der Waals surface area contributed by atoms with Crippen molar-refractivity contribution >= 4 is 127 Å². The highest BCUT2D eigenvalue weighted by atomic mass is 16.4. The molecule has 38 nitrogen and oxygen atoms in total. The van der Waals surface area contributed by atoms with E-state index in [0.29, 0.717) is 44.9 Å². The second kappa shape index (κ2) is 39.1. The summed E-state index contributed by atoms with van der Waals surface area (Å²) in [7, 11) is 0. The number of aliphatic carboxylic acids is 1. The van der Waals surface area contributed by atoms with E-state index in [0.717, 1.165) is 10.9 Å². The van der Waals surface area contributed by atoms with E-state index in [2.05, 4.69) is 83.4 Å². The molecule has 2 aliphatic heterocycles. The molecule has 3 aromatic carbocycles. The fourth-order valence-corrected chi connectivity index (χ4v) is 13.7. The summed E-state index contributed by atoms with van der Waals surface area (Å²) in [4.78, 5) is 245.